The summed E-state index contributed by atoms with van der Waals surface area (Å²) >= 11 is 0. The first-order valence-corrected chi connectivity index (χ1v) is 22.7. The third-order valence-corrected chi connectivity index (χ3v) is 13.2. The van der Waals surface area contributed by atoms with E-state index in [0.717, 1.165) is 10.9 Å². The van der Waals surface area contributed by atoms with E-state index in [1.165, 1.54) is 111 Å². The molecule has 308 valence electrons. The second-order valence-corrected chi connectivity index (χ2v) is 16.9. The Balaban J connectivity index is 0.997. The molecule has 0 aliphatic rings. The van der Waals surface area contributed by atoms with Gasteiger partial charge in [0, 0.05) is 11.6 Å². The number of fused-ring (bicyclic) bond motifs is 3. The summed E-state index contributed by atoms with van der Waals surface area (Å²) in [6.45, 7) is 0. The predicted octanol–water partition coefficient (Wildman–Crippen LogP) is 17.9. The van der Waals surface area contributed by atoms with E-state index in [-0.39, 0.29) is 0 Å². The van der Waals surface area contributed by atoms with Gasteiger partial charge in [0.15, 0.2) is 0 Å². The van der Waals surface area contributed by atoms with E-state index < -0.39 is 0 Å². The molecule has 0 aliphatic heterocycles. The maximum absolute atomic E-state index is 4.71. The van der Waals surface area contributed by atoms with Gasteiger partial charge in [-0.1, -0.05) is 237 Å². The fraction of sp³-hybridized carbons (Fsp3) is 0. The first-order valence-electron chi connectivity index (χ1n) is 22.7. The Bertz CT molecular complexity index is 3630. The van der Waals surface area contributed by atoms with Gasteiger partial charge in [-0.2, -0.15) is 0 Å². The molecule has 0 amide bonds. The number of hydrogen-bond donors (Lipinski definition) is 0. The highest BCUT2D eigenvalue weighted by Gasteiger charge is 2.24. The normalized spacial score (nSPS) is 11.3. The molecule has 0 saturated carbocycles. The van der Waals surface area contributed by atoms with Gasteiger partial charge in [0.1, 0.15) is 0 Å². The number of pyridine rings is 1. The zero-order chi connectivity index (χ0) is 43.8. The van der Waals surface area contributed by atoms with E-state index in [1.54, 1.807) is 0 Å². The molecule has 0 spiro atoms. The minimum absolute atomic E-state index is 1.00. The average Bonchev–Trinajstić information content (AvgIpc) is 3.40. The van der Waals surface area contributed by atoms with E-state index in [4.69, 9.17) is 4.98 Å². The van der Waals surface area contributed by atoms with Crippen LogP contribution in [0.3, 0.4) is 0 Å². The highest BCUT2D eigenvalue weighted by molar-refractivity contribution is 6.23. The summed E-state index contributed by atoms with van der Waals surface area (Å²) in [6.07, 6.45) is 1.94. The van der Waals surface area contributed by atoms with Crippen molar-refractivity contribution in [2.75, 3.05) is 0 Å². The average molecular weight is 838 g/mol. The SMILES string of the molecule is c1ccc(-c2cc(-c3ccc(-c4ccc(-c5c6ccccc6c(-c6ccnc7ccccc67)c6ccccc56)cc4)cc3)c(-c3ccccc3)c(-c3ccccc3)c2-c2ccccc2)cc1. The second-order valence-electron chi connectivity index (χ2n) is 16.9. The Hall–Kier alpha value is -8.65. The van der Waals surface area contributed by atoms with Crippen molar-refractivity contribution in [2.24, 2.45) is 0 Å². The number of aromatic nitrogens is 1. The zero-order valence-corrected chi connectivity index (χ0v) is 36.3. The van der Waals surface area contributed by atoms with E-state index in [9.17, 15) is 0 Å². The van der Waals surface area contributed by atoms with Crippen LogP contribution in [0.2, 0.25) is 0 Å². The third kappa shape index (κ3) is 6.86. The van der Waals surface area contributed by atoms with Gasteiger partial charge in [-0.25, -0.2) is 0 Å². The van der Waals surface area contributed by atoms with Gasteiger partial charge in [-0.05, 0) is 129 Å². The van der Waals surface area contributed by atoms with Crippen LogP contribution in [-0.2, 0) is 0 Å². The quantitative estimate of drug-likeness (QED) is 0.139. The standard InChI is InChI=1S/C65H43N/c1-5-19-46(20-6-1)58-43-59(63(49-23-9-3-10-24-49)64(50-25-11-4-12-26-50)62(58)48-21-7-2-8-22-48)47-37-33-44(34-38-47)45-35-39-51(40-36-45)61-53-28-13-15-30-55(53)65(56-31-16-14-29-54(56)61)57-41-42-66-60-32-18-17-27-52(57)60/h1-43H. The largest absolute Gasteiger partial charge is 0.256 e. The van der Waals surface area contributed by atoms with Gasteiger partial charge in [-0.15, -0.1) is 0 Å². The number of rotatable bonds is 8. The van der Waals surface area contributed by atoms with Gasteiger partial charge in [0.25, 0.3) is 0 Å². The monoisotopic (exact) mass is 837 g/mol. The summed E-state index contributed by atoms with van der Waals surface area (Å²) in [4.78, 5) is 4.71. The summed E-state index contributed by atoms with van der Waals surface area (Å²) in [5.74, 6) is 0. The van der Waals surface area contributed by atoms with Crippen LogP contribution in [-0.4, -0.2) is 4.98 Å². The Morgan fingerprint density at radius 2 is 0.530 bits per heavy atom. The lowest BCUT2D eigenvalue weighted by molar-refractivity contribution is 1.41. The molecule has 0 N–H and O–H groups in total. The zero-order valence-electron chi connectivity index (χ0n) is 36.3. The Labute approximate surface area is 385 Å². The Morgan fingerprint density at radius 3 is 1.02 bits per heavy atom. The highest BCUT2D eigenvalue weighted by atomic mass is 14.6. The summed E-state index contributed by atoms with van der Waals surface area (Å²) in [7, 11) is 0. The molecule has 12 rings (SSSR count). The van der Waals surface area contributed by atoms with Crippen molar-refractivity contribution in [3.8, 4) is 89.0 Å². The van der Waals surface area contributed by atoms with Crippen molar-refractivity contribution in [1.82, 2.24) is 4.98 Å². The first kappa shape index (κ1) is 39.0. The molecule has 0 saturated heterocycles. The van der Waals surface area contributed by atoms with Crippen LogP contribution in [0, 0.1) is 0 Å². The van der Waals surface area contributed by atoms with Crippen LogP contribution in [0.5, 0.6) is 0 Å². The fourth-order valence-electron chi connectivity index (χ4n) is 10.2. The maximum atomic E-state index is 4.71. The molecule has 12 aromatic rings. The number of hydrogen-bond acceptors (Lipinski definition) is 1. The van der Waals surface area contributed by atoms with Crippen LogP contribution < -0.4 is 0 Å². The predicted molar refractivity (Wildman–Crippen MR) is 280 cm³/mol. The molecule has 11 aromatic carbocycles. The number of nitrogens with zero attached hydrogens (tertiary/aromatic N) is 1. The minimum Gasteiger partial charge on any atom is -0.256 e. The maximum Gasteiger partial charge on any atom is 0.0708 e. The van der Waals surface area contributed by atoms with Crippen LogP contribution >= 0.6 is 0 Å². The Morgan fingerprint density at radius 1 is 0.197 bits per heavy atom. The third-order valence-electron chi connectivity index (χ3n) is 13.2. The molecule has 0 bridgehead atoms. The second kappa shape index (κ2) is 16.8. The van der Waals surface area contributed by atoms with E-state index in [2.05, 4.69) is 255 Å². The molecule has 0 radical (unpaired) electrons. The van der Waals surface area contributed by atoms with E-state index in [1.807, 2.05) is 6.20 Å². The molecular weight excluding hydrogens is 795 g/mol. The number of benzene rings is 11. The van der Waals surface area contributed by atoms with Crippen molar-refractivity contribution in [3.05, 3.63) is 261 Å². The summed E-state index contributed by atoms with van der Waals surface area (Å²) in [6, 6.07) is 92.7. The van der Waals surface area contributed by atoms with Crippen molar-refractivity contribution in [3.63, 3.8) is 0 Å². The lowest BCUT2D eigenvalue weighted by atomic mass is 9.79. The smallest absolute Gasteiger partial charge is 0.0708 e. The van der Waals surface area contributed by atoms with Gasteiger partial charge >= 0.3 is 0 Å². The van der Waals surface area contributed by atoms with Gasteiger partial charge in [0.05, 0.1) is 5.52 Å². The molecule has 0 fully saturated rings. The molecular formula is C65H43N. The lowest BCUT2D eigenvalue weighted by Crippen LogP contribution is -1.98. The van der Waals surface area contributed by atoms with Gasteiger partial charge in [-0.3, -0.25) is 4.98 Å². The minimum atomic E-state index is 1.00. The molecule has 0 aliphatic carbocycles. The summed E-state index contributed by atoms with van der Waals surface area (Å²) in [5.41, 5.74) is 20.3. The Kier molecular flexibility index (Phi) is 9.93. The first-order chi connectivity index (χ1) is 32.8. The lowest BCUT2D eigenvalue weighted by Gasteiger charge is -2.24. The molecule has 0 atom stereocenters. The topological polar surface area (TPSA) is 12.9 Å². The van der Waals surface area contributed by atoms with Gasteiger partial charge < -0.3 is 0 Å². The van der Waals surface area contributed by atoms with Crippen LogP contribution in [0.25, 0.3) is 121 Å². The van der Waals surface area contributed by atoms with Gasteiger partial charge in [0.2, 0.25) is 0 Å². The molecule has 1 heteroatoms. The molecule has 1 nitrogen and oxygen atoms in total. The molecule has 0 unspecified atom stereocenters. The van der Waals surface area contributed by atoms with Crippen molar-refractivity contribution >= 4 is 32.4 Å². The van der Waals surface area contributed by atoms with E-state index >= 15 is 0 Å². The molecule has 66 heavy (non-hydrogen) atoms. The van der Waals surface area contributed by atoms with Crippen LogP contribution in [0.15, 0.2) is 261 Å². The van der Waals surface area contributed by atoms with E-state index in [0.29, 0.717) is 0 Å². The molecule has 1 heterocycles. The van der Waals surface area contributed by atoms with Crippen molar-refractivity contribution in [1.29, 1.82) is 0 Å². The summed E-state index contributed by atoms with van der Waals surface area (Å²) < 4.78 is 0. The number of para-hydroxylation sites is 1. The van der Waals surface area contributed by atoms with Crippen LogP contribution in [0.1, 0.15) is 0 Å². The van der Waals surface area contributed by atoms with Crippen molar-refractivity contribution in [2.45, 2.75) is 0 Å². The van der Waals surface area contributed by atoms with Crippen molar-refractivity contribution < 1.29 is 0 Å². The van der Waals surface area contributed by atoms with Crippen LogP contribution in [0.4, 0.5) is 0 Å². The summed E-state index contributed by atoms with van der Waals surface area (Å²) in [5, 5.41) is 6.11. The fourth-order valence-corrected chi connectivity index (χ4v) is 10.2. The highest BCUT2D eigenvalue weighted by Crippen LogP contribution is 2.51. The molecule has 1 aromatic heterocycles.